The van der Waals surface area contributed by atoms with Crippen LogP contribution in [0, 0.1) is 6.92 Å². The first-order chi connectivity index (χ1) is 11.7. The van der Waals surface area contributed by atoms with Crippen LogP contribution in [0.2, 0.25) is 0 Å². The summed E-state index contributed by atoms with van der Waals surface area (Å²) in [6.07, 6.45) is 7.92. The number of carbonyl (C=O) groups excluding carboxylic acids is 1. The molecule has 0 radical (unpaired) electrons. The Bertz CT molecular complexity index is 836. The summed E-state index contributed by atoms with van der Waals surface area (Å²) >= 11 is 0. The van der Waals surface area contributed by atoms with Crippen molar-refractivity contribution in [2.75, 3.05) is 13.1 Å². The Morgan fingerprint density at radius 3 is 2.92 bits per heavy atom. The fourth-order valence-electron chi connectivity index (χ4n) is 3.18. The van der Waals surface area contributed by atoms with Crippen molar-refractivity contribution in [2.24, 2.45) is 0 Å². The van der Waals surface area contributed by atoms with Crippen LogP contribution >= 0.6 is 0 Å². The summed E-state index contributed by atoms with van der Waals surface area (Å²) in [4.78, 5) is 18.9. The number of hydrogen-bond acceptors (Lipinski definition) is 4. The summed E-state index contributed by atoms with van der Waals surface area (Å²) in [7, 11) is 0. The highest BCUT2D eigenvalue weighted by Crippen LogP contribution is 2.28. The van der Waals surface area contributed by atoms with Gasteiger partial charge in [-0.3, -0.25) is 9.89 Å². The third kappa shape index (κ3) is 2.58. The molecule has 3 aromatic heterocycles. The van der Waals surface area contributed by atoms with Crippen molar-refractivity contribution in [1.82, 2.24) is 29.9 Å². The van der Waals surface area contributed by atoms with Crippen molar-refractivity contribution in [2.45, 2.75) is 19.3 Å². The molecule has 4 rings (SSSR count). The van der Waals surface area contributed by atoms with Gasteiger partial charge in [0.05, 0.1) is 11.8 Å². The van der Waals surface area contributed by atoms with Gasteiger partial charge < -0.3 is 4.90 Å². The second-order valence-corrected chi connectivity index (χ2v) is 6.06. The van der Waals surface area contributed by atoms with E-state index in [4.69, 9.17) is 0 Å². The zero-order valence-corrected chi connectivity index (χ0v) is 13.4. The second-order valence-electron chi connectivity index (χ2n) is 6.06. The largest absolute Gasteiger partial charge is 0.338 e. The van der Waals surface area contributed by atoms with E-state index in [0.717, 1.165) is 24.2 Å². The molecular formula is C17H18N6O. The number of carbonyl (C=O) groups is 1. The van der Waals surface area contributed by atoms with E-state index in [9.17, 15) is 4.79 Å². The third-order valence-electron chi connectivity index (χ3n) is 4.49. The van der Waals surface area contributed by atoms with E-state index in [1.165, 1.54) is 0 Å². The fourth-order valence-corrected chi connectivity index (χ4v) is 3.18. The molecule has 1 amide bonds. The molecule has 0 spiro atoms. The van der Waals surface area contributed by atoms with E-state index in [2.05, 4.69) is 20.3 Å². The fraction of sp³-hybridized carbons (Fsp3) is 0.294. The maximum absolute atomic E-state index is 12.7. The van der Waals surface area contributed by atoms with Crippen LogP contribution in [0.1, 0.15) is 34.0 Å². The number of aryl methyl sites for hydroxylation is 1. The Labute approximate surface area is 139 Å². The molecule has 122 valence electrons. The van der Waals surface area contributed by atoms with E-state index >= 15 is 0 Å². The molecular weight excluding hydrogens is 304 g/mol. The van der Waals surface area contributed by atoms with Crippen LogP contribution in [0.4, 0.5) is 0 Å². The standard InChI is InChI=1S/C17H18N6O/c1-12-9-19-21-16(12)14-5-8-22(11-14)17(24)13-3-4-15(18-10-13)23-7-2-6-20-23/h2-4,6-7,9-10,14H,5,8,11H2,1H3,(H,19,21). The minimum absolute atomic E-state index is 0.0224. The molecule has 24 heavy (non-hydrogen) atoms. The van der Waals surface area contributed by atoms with Gasteiger partial charge in [0, 0.05) is 43.3 Å². The van der Waals surface area contributed by atoms with Gasteiger partial charge in [0.15, 0.2) is 5.82 Å². The molecule has 0 saturated carbocycles. The van der Waals surface area contributed by atoms with Crippen molar-refractivity contribution >= 4 is 5.91 Å². The quantitative estimate of drug-likeness (QED) is 0.799. The number of H-pyrrole nitrogens is 1. The van der Waals surface area contributed by atoms with Crippen molar-refractivity contribution in [3.63, 3.8) is 0 Å². The van der Waals surface area contributed by atoms with Crippen molar-refractivity contribution in [3.05, 3.63) is 59.8 Å². The number of rotatable bonds is 3. The van der Waals surface area contributed by atoms with E-state index in [-0.39, 0.29) is 5.91 Å². The van der Waals surface area contributed by atoms with Crippen LogP contribution in [0.15, 0.2) is 43.0 Å². The summed E-state index contributed by atoms with van der Waals surface area (Å²) in [5, 5.41) is 11.3. The topological polar surface area (TPSA) is 79.7 Å². The van der Waals surface area contributed by atoms with Gasteiger partial charge in [-0.25, -0.2) is 9.67 Å². The maximum atomic E-state index is 12.7. The zero-order chi connectivity index (χ0) is 16.5. The molecule has 0 aromatic carbocycles. The monoisotopic (exact) mass is 322 g/mol. The number of nitrogens with zero attached hydrogens (tertiary/aromatic N) is 5. The summed E-state index contributed by atoms with van der Waals surface area (Å²) in [5.41, 5.74) is 2.89. The van der Waals surface area contributed by atoms with E-state index < -0.39 is 0 Å². The molecule has 1 aliphatic heterocycles. The van der Waals surface area contributed by atoms with Gasteiger partial charge in [-0.2, -0.15) is 10.2 Å². The van der Waals surface area contributed by atoms with Crippen LogP contribution in [0.5, 0.6) is 0 Å². The summed E-state index contributed by atoms with van der Waals surface area (Å²) in [6.45, 7) is 3.51. The molecule has 7 heteroatoms. The van der Waals surface area contributed by atoms with E-state index in [1.54, 1.807) is 23.1 Å². The molecule has 4 heterocycles. The highest BCUT2D eigenvalue weighted by molar-refractivity contribution is 5.94. The highest BCUT2D eigenvalue weighted by Gasteiger charge is 2.29. The number of aromatic amines is 1. The first-order valence-corrected chi connectivity index (χ1v) is 7.97. The van der Waals surface area contributed by atoms with E-state index in [1.807, 2.05) is 36.4 Å². The average Bonchev–Trinajstić information content (AvgIpc) is 3.35. The van der Waals surface area contributed by atoms with Gasteiger partial charge in [0.25, 0.3) is 5.91 Å². The molecule has 1 fully saturated rings. The lowest BCUT2D eigenvalue weighted by molar-refractivity contribution is 0.0790. The molecule has 0 aliphatic carbocycles. The molecule has 1 N–H and O–H groups in total. The Balaban J connectivity index is 1.47. The lowest BCUT2D eigenvalue weighted by Crippen LogP contribution is -2.28. The van der Waals surface area contributed by atoms with Crippen LogP contribution in [0.25, 0.3) is 5.82 Å². The third-order valence-corrected chi connectivity index (χ3v) is 4.49. The lowest BCUT2D eigenvalue weighted by atomic mass is 10.0. The van der Waals surface area contributed by atoms with Gasteiger partial charge in [-0.15, -0.1) is 0 Å². The number of likely N-dealkylation sites (tertiary alicyclic amines) is 1. The second kappa shape index (κ2) is 5.92. The number of amides is 1. The van der Waals surface area contributed by atoms with Crippen LogP contribution < -0.4 is 0 Å². The molecule has 0 bridgehead atoms. The Morgan fingerprint density at radius 1 is 1.33 bits per heavy atom. The van der Waals surface area contributed by atoms with Crippen LogP contribution in [0.3, 0.4) is 0 Å². The molecule has 7 nitrogen and oxygen atoms in total. The summed E-state index contributed by atoms with van der Waals surface area (Å²) in [6, 6.07) is 5.45. The predicted octanol–water partition coefficient (Wildman–Crippen LogP) is 1.93. The molecule has 3 aromatic rings. The molecule has 1 aliphatic rings. The van der Waals surface area contributed by atoms with E-state index in [0.29, 0.717) is 23.8 Å². The SMILES string of the molecule is Cc1cn[nH]c1C1CCN(C(=O)c2ccc(-n3cccn3)nc2)C1. The summed E-state index contributed by atoms with van der Waals surface area (Å²) in [5.74, 6) is 1.05. The van der Waals surface area contributed by atoms with Crippen LogP contribution in [-0.4, -0.2) is 48.9 Å². The number of pyridine rings is 1. The Kier molecular flexibility index (Phi) is 3.60. The average molecular weight is 322 g/mol. The van der Waals surface area contributed by atoms with Crippen molar-refractivity contribution in [3.8, 4) is 5.82 Å². The summed E-state index contributed by atoms with van der Waals surface area (Å²) < 4.78 is 1.67. The molecule has 1 unspecified atom stereocenters. The smallest absolute Gasteiger partial charge is 0.255 e. The van der Waals surface area contributed by atoms with Crippen LogP contribution in [-0.2, 0) is 0 Å². The highest BCUT2D eigenvalue weighted by atomic mass is 16.2. The van der Waals surface area contributed by atoms with Gasteiger partial charge in [0.2, 0.25) is 0 Å². The lowest BCUT2D eigenvalue weighted by Gasteiger charge is -2.16. The van der Waals surface area contributed by atoms with Gasteiger partial charge in [-0.05, 0) is 37.1 Å². The Morgan fingerprint density at radius 2 is 2.25 bits per heavy atom. The molecule has 1 saturated heterocycles. The van der Waals surface area contributed by atoms with Gasteiger partial charge in [0.1, 0.15) is 0 Å². The zero-order valence-electron chi connectivity index (χ0n) is 13.4. The minimum atomic E-state index is 0.0224. The first kappa shape index (κ1) is 14.6. The van der Waals surface area contributed by atoms with Crippen molar-refractivity contribution < 1.29 is 4.79 Å². The normalized spacial score (nSPS) is 17.4. The molecule has 1 atom stereocenters. The minimum Gasteiger partial charge on any atom is -0.338 e. The number of hydrogen-bond donors (Lipinski definition) is 1. The Hall–Kier alpha value is -2.96. The van der Waals surface area contributed by atoms with Gasteiger partial charge in [-0.1, -0.05) is 0 Å². The number of nitrogens with one attached hydrogen (secondary N) is 1. The maximum Gasteiger partial charge on any atom is 0.255 e. The first-order valence-electron chi connectivity index (χ1n) is 7.97. The van der Waals surface area contributed by atoms with Gasteiger partial charge >= 0.3 is 0 Å². The number of aromatic nitrogens is 5. The predicted molar refractivity (Wildman–Crippen MR) is 87.9 cm³/mol. The van der Waals surface area contributed by atoms with Crippen molar-refractivity contribution in [1.29, 1.82) is 0 Å².